The Labute approximate surface area is 141 Å². The van der Waals surface area contributed by atoms with E-state index in [1.165, 1.54) is 6.07 Å². The van der Waals surface area contributed by atoms with Crippen LogP contribution in [0.15, 0.2) is 28.8 Å². The van der Waals surface area contributed by atoms with Crippen molar-refractivity contribution in [1.29, 1.82) is 0 Å². The van der Waals surface area contributed by atoms with Gasteiger partial charge >= 0.3 is 0 Å². The van der Waals surface area contributed by atoms with Crippen LogP contribution in [0.5, 0.6) is 0 Å². The van der Waals surface area contributed by atoms with E-state index >= 15 is 0 Å². The maximum Gasteiger partial charge on any atom is 0.139 e. The third kappa shape index (κ3) is 3.83. The average molecular weight is 334 g/mol. The van der Waals surface area contributed by atoms with E-state index in [0.29, 0.717) is 18.7 Å². The smallest absolute Gasteiger partial charge is 0.139 e. The number of likely N-dealkylation sites (tertiary alicyclic amines) is 1. The monoisotopic (exact) mass is 334 g/mol. The lowest BCUT2D eigenvalue weighted by molar-refractivity contribution is 0.0407. The summed E-state index contributed by atoms with van der Waals surface area (Å²) in [7, 11) is 0. The van der Waals surface area contributed by atoms with Crippen molar-refractivity contribution in [3.63, 3.8) is 0 Å². The van der Waals surface area contributed by atoms with Gasteiger partial charge in [-0.05, 0) is 26.3 Å². The number of benzene rings is 1. The molecule has 24 heavy (non-hydrogen) atoms. The van der Waals surface area contributed by atoms with Gasteiger partial charge in [-0.2, -0.15) is 0 Å². The van der Waals surface area contributed by atoms with Gasteiger partial charge in [0.1, 0.15) is 11.6 Å². The predicted molar refractivity (Wildman–Crippen MR) is 87.0 cm³/mol. The van der Waals surface area contributed by atoms with Gasteiger partial charge < -0.3 is 14.4 Å². The fourth-order valence-corrected chi connectivity index (χ4v) is 3.10. The lowest BCUT2D eigenvalue weighted by Gasteiger charge is -2.20. The second kappa shape index (κ2) is 7.42. The first-order chi connectivity index (χ1) is 11.5. The fraction of sp³-hybridized carbons (Fsp3) is 0.500. The van der Waals surface area contributed by atoms with Crippen LogP contribution in [0.4, 0.5) is 4.39 Å². The molecule has 0 spiro atoms. The molecule has 0 radical (unpaired) electrons. The van der Waals surface area contributed by atoms with Crippen LogP contribution in [0.3, 0.4) is 0 Å². The largest absolute Gasteiger partial charge is 0.387 e. The number of aryl methyl sites for hydroxylation is 2. The van der Waals surface area contributed by atoms with E-state index in [0.717, 1.165) is 36.5 Å². The molecule has 1 aliphatic rings. The van der Waals surface area contributed by atoms with Crippen LogP contribution in [0.25, 0.3) is 0 Å². The zero-order valence-corrected chi connectivity index (χ0v) is 14.0. The standard InChI is InChI=1S/C18H23FN2O3/c1-12-16(13(2)24-20-12)11-23-14-7-8-21(9-14)10-18(22)15-5-3-4-6-17(15)19/h3-6,14,18,22H,7-11H2,1-2H3. The van der Waals surface area contributed by atoms with Crippen LogP contribution in [-0.4, -0.2) is 40.9 Å². The number of rotatable bonds is 6. The van der Waals surface area contributed by atoms with Crippen molar-refractivity contribution in [2.75, 3.05) is 19.6 Å². The summed E-state index contributed by atoms with van der Waals surface area (Å²) >= 11 is 0. The zero-order chi connectivity index (χ0) is 17.1. The van der Waals surface area contributed by atoms with Crippen LogP contribution in [0.2, 0.25) is 0 Å². The van der Waals surface area contributed by atoms with E-state index in [4.69, 9.17) is 9.26 Å². The molecule has 1 aliphatic heterocycles. The van der Waals surface area contributed by atoms with Crippen molar-refractivity contribution < 1.29 is 18.8 Å². The highest BCUT2D eigenvalue weighted by molar-refractivity contribution is 5.20. The summed E-state index contributed by atoms with van der Waals surface area (Å²) in [6.45, 7) is 6.24. The number of β-amino-alcohol motifs (C(OH)–C–C–N with tert-alkyl or cyclic N) is 1. The predicted octanol–water partition coefficient (Wildman–Crippen LogP) is 2.76. The molecule has 2 aromatic rings. The third-order valence-electron chi connectivity index (χ3n) is 4.57. The van der Waals surface area contributed by atoms with Gasteiger partial charge in [0, 0.05) is 30.8 Å². The normalized spacial score (nSPS) is 19.8. The number of ether oxygens (including phenoxy) is 1. The summed E-state index contributed by atoms with van der Waals surface area (Å²) in [5.41, 5.74) is 2.20. The van der Waals surface area contributed by atoms with Crippen molar-refractivity contribution in [3.05, 3.63) is 52.7 Å². The van der Waals surface area contributed by atoms with Gasteiger partial charge in [0.05, 0.1) is 24.5 Å². The van der Waals surface area contributed by atoms with Gasteiger partial charge in [-0.15, -0.1) is 0 Å². The molecule has 130 valence electrons. The van der Waals surface area contributed by atoms with E-state index in [2.05, 4.69) is 10.1 Å². The zero-order valence-electron chi connectivity index (χ0n) is 14.0. The molecule has 2 unspecified atom stereocenters. The Kier molecular flexibility index (Phi) is 5.28. The van der Waals surface area contributed by atoms with Gasteiger partial charge in [-0.3, -0.25) is 4.90 Å². The number of halogens is 1. The quantitative estimate of drug-likeness (QED) is 0.880. The molecule has 1 aromatic heterocycles. The van der Waals surface area contributed by atoms with Crippen LogP contribution >= 0.6 is 0 Å². The first kappa shape index (κ1) is 17.1. The van der Waals surface area contributed by atoms with Gasteiger partial charge in [0.2, 0.25) is 0 Å². The summed E-state index contributed by atoms with van der Waals surface area (Å²) in [5, 5.41) is 14.2. The average Bonchev–Trinajstić information content (AvgIpc) is 3.13. The molecule has 1 aromatic carbocycles. The number of hydrogen-bond acceptors (Lipinski definition) is 5. The van der Waals surface area contributed by atoms with Gasteiger partial charge in [0.15, 0.2) is 0 Å². The lowest BCUT2D eigenvalue weighted by atomic mass is 10.1. The first-order valence-corrected chi connectivity index (χ1v) is 8.22. The second-order valence-corrected chi connectivity index (χ2v) is 6.32. The Bertz CT molecular complexity index is 669. The summed E-state index contributed by atoms with van der Waals surface area (Å²) in [6, 6.07) is 6.36. The summed E-state index contributed by atoms with van der Waals surface area (Å²) in [4.78, 5) is 2.11. The summed E-state index contributed by atoms with van der Waals surface area (Å²) < 4.78 is 24.8. The van der Waals surface area contributed by atoms with E-state index in [1.807, 2.05) is 13.8 Å². The maximum atomic E-state index is 13.7. The molecule has 3 rings (SSSR count). The molecule has 0 saturated carbocycles. The third-order valence-corrected chi connectivity index (χ3v) is 4.57. The van der Waals surface area contributed by atoms with Gasteiger partial charge in [-0.25, -0.2) is 4.39 Å². The molecule has 6 heteroatoms. The molecule has 1 N–H and O–H groups in total. The number of hydrogen-bond donors (Lipinski definition) is 1. The van der Waals surface area contributed by atoms with Crippen molar-refractivity contribution in [2.24, 2.45) is 0 Å². The Morgan fingerprint density at radius 3 is 2.92 bits per heavy atom. The van der Waals surface area contributed by atoms with E-state index in [1.54, 1.807) is 18.2 Å². The summed E-state index contributed by atoms with van der Waals surface area (Å²) in [5.74, 6) is 0.424. The Hall–Kier alpha value is -1.76. The minimum Gasteiger partial charge on any atom is -0.387 e. The molecule has 1 saturated heterocycles. The van der Waals surface area contributed by atoms with E-state index in [-0.39, 0.29) is 11.9 Å². The number of aliphatic hydroxyl groups is 1. The minimum atomic E-state index is -0.826. The molecular formula is C18H23FN2O3. The number of aliphatic hydroxyl groups excluding tert-OH is 1. The molecule has 1 fully saturated rings. The van der Waals surface area contributed by atoms with Gasteiger partial charge in [0.25, 0.3) is 0 Å². The highest BCUT2D eigenvalue weighted by atomic mass is 19.1. The molecule has 2 atom stereocenters. The molecule has 0 bridgehead atoms. The molecule has 2 heterocycles. The first-order valence-electron chi connectivity index (χ1n) is 8.22. The second-order valence-electron chi connectivity index (χ2n) is 6.32. The minimum absolute atomic E-state index is 0.103. The molecular weight excluding hydrogens is 311 g/mol. The van der Waals surface area contributed by atoms with Crippen molar-refractivity contribution in [2.45, 2.75) is 39.1 Å². The fourth-order valence-electron chi connectivity index (χ4n) is 3.10. The Balaban J connectivity index is 1.50. The van der Waals surface area contributed by atoms with Crippen molar-refractivity contribution in [1.82, 2.24) is 10.1 Å². The van der Waals surface area contributed by atoms with Crippen LogP contribution in [0, 0.1) is 19.7 Å². The highest BCUT2D eigenvalue weighted by Gasteiger charge is 2.26. The van der Waals surface area contributed by atoms with Crippen molar-refractivity contribution >= 4 is 0 Å². The SMILES string of the molecule is Cc1noc(C)c1COC1CCN(CC(O)c2ccccc2F)C1. The highest BCUT2D eigenvalue weighted by Crippen LogP contribution is 2.22. The van der Waals surface area contributed by atoms with Crippen LogP contribution < -0.4 is 0 Å². The van der Waals surface area contributed by atoms with E-state index < -0.39 is 6.10 Å². The molecule has 0 aliphatic carbocycles. The topological polar surface area (TPSA) is 58.7 Å². The Morgan fingerprint density at radius 1 is 1.42 bits per heavy atom. The van der Waals surface area contributed by atoms with E-state index in [9.17, 15) is 9.50 Å². The molecule has 5 nitrogen and oxygen atoms in total. The number of aromatic nitrogens is 1. The summed E-state index contributed by atoms with van der Waals surface area (Å²) in [6.07, 6.45) is 0.173. The Morgan fingerprint density at radius 2 is 2.21 bits per heavy atom. The molecule has 0 amide bonds. The van der Waals surface area contributed by atoms with Crippen LogP contribution in [-0.2, 0) is 11.3 Å². The van der Waals surface area contributed by atoms with Crippen LogP contribution in [0.1, 0.15) is 35.1 Å². The number of nitrogens with zero attached hydrogens (tertiary/aromatic N) is 2. The lowest BCUT2D eigenvalue weighted by Crippen LogP contribution is -2.28. The van der Waals surface area contributed by atoms with Crippen molar-refractivity contribution in [3.8, 4) is 0 Å². The van der Waals surface area contributed by atoms with Gasteiger partial charge in [-0.1, -0.05) is 23.4 Å². The maximum absolute atomic E-state index is 13.7.